The number of hydrogen-bond acceptors (Lipinski definition) is 7. The van der Waals surface area contributed by atoms with Crippen LogP contribution in [0.2, 0.25) is 0 Å². The Bertz CT molecular complexity index is 1100. The molecule has 0 spiro atoms. The second kappa shape index (κ2) is 6.53. The molecule has 0 fully saturated rings. The molecule has 2 aliphatic rings. The van der Waals surface area contributed by atoms with Crippen molar-refractivity contribution in [1.29, 1.82) is 0 Å². The van der Waals surface area contributed by atoms with Crippen LogP contribution in [-0.2, 0) is 14.8 Å². The van der Waals surface area contributed by atoms with Crippen molar-refractivity contribution >= 4 is 60.8 Å². The molecule has 0 atom stereocenters. The van der Waals surface area contributed by atoms with E-state index in [9.17, 15) is 13.2 Å². The molecule has 134 valence electrons. The first-order chi connectivity index (χ1) is 12.4. The molecule has 1 aromatic carbocycles. The number of hydrogen-bond donors (Lipinski definition) is 1. The summed E-state index contributed by atoms with van der Waals surface area (Å²) < 4.78 is 29.3. The SMILES string of the molecule is CSc1nc2ccc(NC(=O)C3=CC=CN4CCS(=O)(=O)N=C34)cc2s1. The van der Waals surface area contributed by atoms with Crippen molar-refractivity contribution in [2.75, 3.05) is 23.9 Å². The van der Waals surface area contributed by atoms with Gasteiger partial charge in [0.15, 0.2) is 10.2 Å². The third-order valence-corrected chi connectivity index (χ3v) is 7.06. The Labute approximate surface area is 158 Å². The molecule has 0 radical (unpaired) electrons. The van der Waals surface area contributed by atoms with E-state index in [1.54, 1.807) is 52.4 Å². The second-order valence-electron chi connectivity index (χ2n) is 5.64. The molecule has 0 saturated heterocycles. The van der Waals surface area contributed by atoms with Crippen molar-refractivity contribution < 1.29 is 13.2 Å². The largest absolute Gasteiger partial charge is 0.331 e. The van der Waals surface area contributed by atoms with E-state index < -0.39 is 15.9 Å². The Morgan fingerprint density at radius 2 is 2.23 bits per heavy atom. The van der Waals surface area contributed by atoms with Crippen LogP contribution in [0.1, 0.15) is 0 Å². The number of sulfonamides is 1. The molecule has 3 heterocycles. The summed E-state index contributed by atoms with van der Waals surface area (Å²) in [6, 6.07) is 5.49. The fourth-order valence-corrected chi connectivity index (χ4v) is 5.17. The maximum absolute atomic E-state index is 12.7. The maximum atomic E-state index is 12.7. The summed E-state index contributed by atoms with van der Waals surface area (Å²) in [5.74, 6) is -0.292. The van der Waals surface area contributed by atoms with Gasteiger partial charge in [0.2, 0.25) is 0 Å². The molecule has 2 aliphatic heterocycles. The number of fused-ring (bicyclic) bond motifs is 2. The van der Waals surface area contributed by atoms with Crippen molar-refractivity contribution in [2.45, 2.75) is 4.34 Å². The summed E-state index contributed by atoms with van der Waals surface area (Å²) in [7, 11) is -3.54. The molecule has 1 N–H and O–H groups in total. The number of rotatable bonds is 3. The smallest absolute Gasteiger partial charge is 0.259 e. The van der Waals surface area contributed by atoms with Gasteiger partial charge in [-0.05, 0) is 36.6 Å². The summed E-state index contributed by atoms with van der Waals surface area (Å²) in [4.78, 5) is 18.8. The Kier molecular flexibility index (Phi) is 4.33. The monoisotopic (exact) mass is 406 g/mol. The molecule has 4 rings (SSSR count). The molecule has 10 heteroatoms. The molecule has 1 aromatic heterocycles. The van der Waals surface area contributed by atoms with Gasteiger partial charge < -0.3 is 10.2 Å². The summed E-state index contributed by atoms with van der Waals surface area (Å²) >= 11 is 3.13. The lowest BCUT2D eigenvalue weighted by atomic mass is 10.1. The minimum Gasteiger partial charge on any atom is -0.331 e. The van der Waals surface area contributed by atoms with Crippen LogP contribution in [0.3, 0.4) is 0 Å². The number of nitrogens with zero attached hydrogens (tertiary/aromatic N) is 3. The van der Waals surface area contributed by atoms with Crippen LogP contribution >= 0.6 is 23.1 Å². The Hall–Kier alpha value is -2.17. The Morgan fingerprint density at radius 1 is 1.38 bits per heavy atom. The van der Waals surface area contributed by atoms with Crippen LogP contribution < -0.4 is 5.32 Å². The van der Waals surface area contributed by atoms with Gasteiger partial charge in [-0.15, -0.1) is 15.7 Å². The van der Waals surface area contributed by atoms with Crippen molar-refractivity contribution in [1.82, 2.24) is 9.88 Å². The van der Waals surface area contributed by atoms with Crippen LogP contribution in [-0.4, -0.2) is 48.6 Å². The van der Waals surface area contributed by atoms with E-state index in [2.05, 4.69) is 14.7 Å². The van der Waals surface area contributed by atoms with Crippen molar-refractivity contribution in [3.05, 3.63) is 42.1 Å². The number of amides is 1. The molecule has 0 unspecified atom stereocenters. The number of benzene rings is 1. The third kappa shape index (κ3) is 3.27. The van der Waals surface area contributed by atoms with Crippen LogP contribution in [0.4, 0.5) is 5.69 Å². The molecular formula is C16H14N4O3S3. The zero-order valence-corrected chi connectivity index (χ0v) is 16.1. The van der Waals surface area contributed by atoms with E-state index in [4.69, 9.17) is 0 Å². The minimum atomic E-state index is -3.54. The van der Waals surface area contributed by atoms with E-state index in [-0.39, 0.29) is 23.7 Å². The van der Waals surface area contributed by atoms with Gasteiger partial charge in [-0.2, -0.15) is 0 Å². The summed E-state index contributed by atoms with van der Waals surface area (Å²) in [6.45, 7) is 0.284. The highest BCUT2D eigenvalue weighted by atomic mass is 32.2. The lowest BCUT2D eigenvalue weighted by Gasteiger charge is -2.28. The van der Waals surface area contributed by atoms with Gasteiger partial charge in [-0.3, -0.25) is 4.79 Å². The highest BCUT2D eigenvalue weighted by Crippen LogP contribution is 2.30. The van der Waals surface area contributed by atoms with Gasteiger partial charge in [-0.1, -0.05) is 11.8 Å². The topological polar surface area (TPSA) is 91.7 Å². The zero-order valence-electron chi connectivity index (χ0n) is 13.7. The molecule has 1 amide bonds. The van der Waals surface area contributed by atoms with E-state index in [0.717, 1.165) is 14.6 Å². The number of anilines is 1. The van der Waals surface area contributed by atoms with Crippen molar-refractivity contribution in [3.8, 4) is 0 Å². The van der Waals surface area contributed by atoms with E-state index >= 15 is 0 Å². The Balaban J connectivity index is 1.62. The fraction of sp³-hybridized carbons (Fsp3) is 0.188. The molecule has 0 bridgehead atoms. The second-order valence-corrected chi connectivity index (χ2v) is 9.48. The highest BCUT2D eigenvalue weighted by Gasteiger charge is 2.30. The summed E-state index contributed by atoms with van der Waals surface area (Å²) in [5.41, 5.74) is 1.73. The van der Waals surface area contributed by atoms with Crippen LogP contribution in [0.25, 0.3) is 10.2 Å². The number of thioether (sulfide) groups is 1. The third-order valence-electron chi connectivity index (χ3n) is 3.90. The first kappa shape index (κ1) is 17.3. The summed E-state index contributed by atoms with van der Waals surface area (Å²) in [5, 5.41) is 2.82. The number of nitrogens with one attached hydrogen (secondary N) is 1. The van der Waals surface area contributed by atoms with Gasteiger partial charge in [0.05, 0.1) is 21.5 Å². The average Bonchev–Trinajstić information content (AvgIpc) is 3.03. The fourth-order valence-electron chi connectivity index (χ4n) is 2.66. The van der Waals surface area contributed by atoms with Gasteiger partial charge in [-0.25, -0.2) is 13.4 Å². The average molecular weight is 407 g/mol. The predicted octanol–water partition coefficient (Wildman–Crippen LogP) is 2.45. The quantitative estimate of drug-likeness (QED) is 0.788. The number of allylic oxidation sites excluding steroid dienone is 2. The molecule has 2 aromatic rings. The lowest BCUT2D eigenvalue weighted by Crippen LogP contribution is -2.40. The van der Waals surface area contributed by atoms with Crippen LogP contribution in [0.15, 0.2) is 50.9 Å². The molecule has 0 aliphatic carbocycles. The van der Waals surface area contributed by atoms with Crippen LogP contribution in [0.5, 0.6) is 0 Å². The number of carbonyl (C=O) groups is 1. The minimum absolute atomic E-state index is 0.0600. The first-order valence-electron chi connectivity index (χ1n) is 7.69. The zero-order chi connectivity index (χ0) is 18.3. The van der Waals surface area contributed by atoms with Gasteiger partial charge in [0.1, 0.15) is 0 Å². The van der Waals surface area contributed by atoms with Gasteiger partial charge in [0.25, 0.3) is 15.9 Å². The number of aromatic nitrogens is 1. The van der Waals surface area contributed by atoms with Gasteiger partial charge >= 0.3 is 0 Å². The Morgan fingerprint density at radius 3 is 3.04 bits per heavy atom. The molecule has 7 nitrogen and oxygen atoms in total. The predicted molar refractivity (Wildman–Crippen MR) is 105 cm³/mol. The number of carbonyl (C=O) groups excluding carboxylic acids is 1. The van der Waals surface area contributed by atoms with Crippen molar-refractivity contribution in [3.63, 3.8) is 0 Å². The molecule has 0 saturated carbocycles. The first-order valence-corrected chi connectivity index (χ1v) is 11.3. The van der Waals surface area contributed by atoms with Crippen LogP contribution in [0, 0.1) is 0 Å². The van der Waals surface area contributed by atoms with E-state index in [0.29, 0.717) is 5.69 Å². The van der Waals surface area contributed by atoms with Crippen molar-refractivity contribution in [2.24, 2.45) is 4.40 Å². The summed E-state index contributed by atoms with van der Waals surface area (Å²) in [6.07, 6.45) is 6.97. The highest BCUT2D eigenvalue weighted by molar-refractivity contribution is 8.00. The van der Waals surface area contributed by atoms with E-state index in [1.807, 2.05) is 18.4 Å². The standard InChI is InChI=1S/C16H14N4O3S3/c1-24-16-18-12-5-4-10(9-13(12)25-16)17-15(21)11-3-2-6-20-7-8-26(22,23)19-14(11)20/h2-6,9H,7-8H2,1H3,(H,17,21). The maximum Gasteiger partial charge on any atom is 0.259 e. The molecule has 26 heavy (non-hydrogen) atoms. The number of amidine groups is 1. The normalized spacial score (nSPS) is 18.3. The van der Waals surface area contributed by atoms with E-state index in [1.165, 1.54) is 0 Å². The lowest BCUT2D eigenvalue weighted by molar-refractivity contribution is -0.112. The number of thiazole rings is 1. The molecular weight excluding hydrogens is 392 g/mol. The van der Waals surface area contributed by atoms with Gasteiger partial charge in [0, 0.05) is 18.4 Å².